The third kappa shape index (κ3) is 3.76. The molecule has 1 unspecified atom stereocenters. The van der Waals surface area contributed by atoms with Gasteiger partial charge in [-0.2, -0.15) is 0 Å². The Morgan fingerprint density at radius 2 is 2.15 bits per heavy atom. The van der Waals surface area contributed by atoms with E-state index in [1.54, 1.807) is 11.8 Å². The van der Waals surface area contributed by atoms with Crippen LogP contribution in [0, 0.1) is 11.6 Å². The lowest BCUT2D eigenvalue weighted by atomic mass is 9.95. The van der Waals surface area contributed by atoms with Crippen molar-refractivity contribution in [1.29, 1.82) is 0 Å². The first-order valence-corrected chi connectivity index (χ1v) is 6.81. The van der Waals surface area contributed by atoms with Gasteiger partial charge in [0.05, 0.1) is 5.60 Å². The number of amides is 1. The number of benzene rings is 1. The summed E-state index contributed by atoms with van der Waals surface area (Å²) >= 11 is 0. The van der Waals surface area contributed by atoms with Crippen LogP contribution in [0.4, 0.5) is 8.78 Å². The summed E-state index contributed by atoms with van der Waals surface area (Å²) in [7, 11) is 0. The number of carbonyl (C=O) groups is 1. The first-order chi connectivity index (χ1) is 9.37. The van der Waals surface area contributed by atoms with Crippen LogP contribution in [-0.4, -0.2) is 34.6 Å². The molecule has 5 heteroatoms. The van der Waals surface area contributed by atoms with Crippen molar-refractivity contribution < 1.29 is 18.7 Å². The van der Waals surface area contributed by atoms with Crippen molar-refractivity contribution in [2.45, 2.75) is 38.2 Å². The highest BCUT2D eigenvalue weighted by Gasteiger charge is 2.30. The summed E-state index contributed by atoms with van der Waals surface area (Å²) < 4.78 is 25.9. The Hall–Kier alpha value is -1.49. The number of piperidine rings is 1. The van der Waals surface area contributed by atoms with Gasteiger partial charge in [-0.3, -0.25) is 4.79 Å². The van der Waals surface area contributed by atoms with Crippen molar-refractivity contribution in [3.63, 3.8) is 0 Å². The van der Waals surface area contributed by atoms with Gasteiger partial charge in [0.2, 0.25) is 5.91 Å². The molecule has 3 nitrogen and oxygen atoms in total. The lowest BCUT2D eigenvalue weighted by Crippen LogP contribution is -2.48. The number of hydrogen-bond acceptors (Lipinski definition) is 2. The second-order valence-electron chi connectivity index (χ2n) is 5.66. The normalized spacial score (nSPS) is 22.9. The number of halogens is 2. The number of nitrogens with zero attached hydrogens (tertiary/aromatic N) is 1. The lowest BCUT2D eigenvalue weighted by molar-refractivity contribution is -0.137. The average Bonchev–Trinajstić information content (AvgIpc) is 2.38. The summed E-state index contributed by atoms with van der Waals surface area (Å²) in [5.41, 5.74) is -0.225. The van der Waals surface area contributed by atoms with Gasteiger partial charge >= 0.3 is 0 Å². The molecule has 1 heterocycles. The zero-order valence-corrected chi connectivity index (χ0v) is 11.5. The van der Waals surface area contributed by atoms with Crippen LogP contribution < -0.4 is 0 Å². The fraction of sp³-hybridized carbons (Fsp3) is 0.533. The Kier molecular flexibility index (Phi) is 4.38. The van der Waals surface area contributed by atoms with E-state index in [0.29, 0.717) is 31.5 Å². The maximum atomic E-state index is 13.1. The number of aryl methyl sites for hydroxylation is 1. The van der Waals surface area contributed by atoms with E-state index < -0.39 is 17.2 Å². The first kappa shape index (κ1) is 14.9. The highest BCUT2D eigenvalue weighted by Crippen LogP contribution is 2.21. The number of likely N-dealkylation sites (tertiary alicyclic amines) is 1. The molecule has 1 aliphatic heterocycles. The van der Waals surface area contributed by atoms with E-state index in [4.69, 9.17) is 0 Å². The molecule has 0 radical (unpaired) electrons. The highest BCUT2D eigenvalue weighted by atomic mass is 19.2. The number of rotatable bonds is 3. The third-order valence-electron chi connectivity index (χ3n) is 3.64. The Balaban J connectivity index is 1.90. The molecule has 0 saturated carbocycles. The summed E-state index contributed by atoms with van der Waals surface area (Å²) in [5.74, 6) is -1.84. The molecule has 1 amide bonds. The molecule has 0 aliphatic carbocycles. The second-order valence-corrected chi connectivity index (χ2v) is 5.66. The zero-order chi connectivity index (χ0) is 14.8. The zero-order valence-electron chi connectivity index (χ0n) is 11.5. The minimum atomic E-state index is -0.893. The monoisotopic (exact) mass is 283 g/mol. The largest absolute Gasteiger partial charge is 0.388 e. The standard InChI is InChI=1S/C15H19F2NO2/c1-15(20)7-2-8-18(10-15)14(19)6-4-11-3-5-12(16)13(17)9-11/h3,5,9,20H,2,4,6-8,10H2,1H3. The summed E-state index contributed by atoms with van der Waals surface area (Å²) in [6.07, 6.45) is 2.08. The van der Waals surface area contributed by atoms with Crippen LogP contribution in [0.1, 0.15) is 31.7 Å². The van der Waals surface area contributed by atoms with E-state index in [-0.39, 0.29) is 12.3 Å². The van der Waals surface area contributed by atoms with Crippen molar-refractivity contribution >= 4 is 5.91 Å². The number of β-amino-alcohol motifs (C(OH)–C–C–N with tert-alkyl or cyclic N) is 1. The van der Waals surface area contributed by atoms with E-state index in [1.807, 2.05) is 0 Å². The van der Waals surface area contributed by atoms with Gasteiger partial charge in [-0.15, -0.1) is 0 Å². The van der Waals surface area contributed by atoms with Gasteiger partial charge < -0.3 is 10.0 Å². The van der Waals surface area contributed by atoms with Gasteiger partial charge in [0.1, 0.15) is 0 Å². The molecule has 1 N–H and O–H groups in total. The smallest absolute Gasteiger partial charge is 0.222 e. The van der Waals surface area contributed by atoms with Crippen molar-refractivity contribution in [2.75, 3.05) is 13.1 Å². The van der Waals surface area contributed by atoms with Gasteiger partial charge in [-0.05, 0) is 43.9 Å². The average molecular weight is 283 g/mol. The second kappa shape index (κ2) is 5.87. The van der Waals surface area contributed by atoms with Gasteiger partial charge in [-0.1, -0.05) is 6.07 Å². The predicted molar refractivity (Wildman–Crippen MR) is 71.1 cm³/mol. The topological polar surface area (TPSA) is 40.5 Å². The van der Waals surface area contributed by atoms with E-state index in [2.05, 4.69) is 0 Å². The Morgan fingerprint density at radius 3 is 2.80 bits per heavy atom. The highest BCUT2D eigenvalue weighted by molar-refractivity contribution is 5.76. The van der Waals surface area contributed by atoms with Gasteiger partial charge in [0, 0.05) is 19.5 Å². The molecule has 1 aromatic carbocycles. The summed E-state index contributed by atoms with van der Waals surface area (Å²) in [5, 5.41) is 9.96. The Bertz CT molecular complexity index is 503. The third-order valence-corrected chi connectivity index (χ3v) is 3.64. The first-order valence-electron chi connectivity index (χ1n) is 6.81. The molecule has 110 valence electrons. The molecule has 1 aliphatic rings. The maximum Gasteiger partial charge on any atom is 0.222 e. The Labute approximate surface area is 117 Å². The van der Waals surface area contributed by atoms with Crippen molar-refractivity contribution in [3.8, 4) is 0 Å². The van der Waals surface area contributed by atoms with Crippen LogP contribution in [-0.2, 0) is 11.2 Å². The van der Waals surface area contributed by atoms with Crippen LogP contribution in [0.3, 0.4) is 0 Å². The minimum absolute atomic E-state index is 0.0605. The summed E-state index contributed by atoms with van der Waals surface area (Å²) in [4.78, 5) is 13.7. The lowest BCUT2D eigenvalue weighted by Gasteiger charge is -2.36. The molecular weight excluding hydrogens is 264 g/mol. The van der Waals surface area contributed by atoms with Gasteiger partial charge in [0.25, 0.3) is 0 Å². The van der Waals surface area contributed by atoms with E-state index in [0.717, 1.165) is 18.6 Å². The predicted octanol–water partition coefficient (Wildman–Crippen LogP) is 2.27. The van der Waals surface area contributed by atoms with E-state index in [9.17, 15) is 18.7 Å². The fourth-order valence-electron chi connectivity index (χ4n) is 2.54. The summed E-state index contributed by atoms with van der Waals surface area (Å²) in [6.45, 7) is 2.71. The van der Waals surface area contributed by atoms with E-state index in [1.165, 1.54) is 6.07 Å². The van der Waals surface area contributed by atoms with Crippen molar-refractivity contribution in [1.82, 2.24) is 4.90 Å². The molecule has 1 fully saturated rings. The van der Waals surface area contributed by atoms with Crippen LogP contribution in [0.15, 0.2) is 18.2 Å². The molecule has 0 bridgehead atoms. The van der Waals surface area contributed by atoms with E-state index >= 15 is 0 Å². The molecule has 20 heavy (non-hydrogen) atoms. The van der Waals surface area contributed by atoms with Crippen LogP contribution in [0.5, 0.6) is 0 Å². The number of aliphatic hydroxyl groups is 1. The molecule has 1 atom stereocenters. The van der Waals surface area contributed by atoms with Crippen LogP contribution in [0.2, 0.25) is 0 Å². The SMILES string of the molecule is CC1(O)CCCN(C(=O)CCc2ccc(F)c(F)c2)C1. The molecule has 1 aromatic rings. The maximum absolute atomic E-state index is 13.1. The van der Waals surface area contributed by atoms with Gasteiger partial charge in [-0.25, -0.2) is 8.78 Å². The number of hydrogen-bond donors (Lipinski definition) is 1. The minimum Gasteiger partial charge on any atom is -0.388 e. The van der Waals surface area contributed by atoms with Crippen molar-refractivity contribution in [3.05, 3.63) is 35.4 Å². The fourth-order valence-corrected chi connectivity index (χ4v) is 2.54. The number of carbonyl (C=O) groups excluding carboxylic acids is 1. The van der Waals surface area contributed by atoms with Crippen LogP contribution in [0.25, 0.3) is 0 Å². The Morgan fingerprint density at radius 1 is 1.40 bits per heavy atom. The molecule has 1 saturated heterocycles. The molecular formula is C15H19F2NO2. The van der Waals surface area contributed by atoms with Crippen LogP contribution >= 0.6 is 0 Å². The summed E-state index contributed by atoms with van der Waals surface area (Å²) in [6, 6.07) is 3.67. The molecule has 2 rings (SSSR count). The quantitative estimate of drug-likeness (QED) is 0.924. The van der Waals surface area contributed by atoms with Gasteiger partial charge in [0.15, 0.2) is 11.6 Å². The van der Waals surface area contributed by atoms with Crippen molar-refractivity contribution in [2.24, 2.45) is 0 Å². The molecule has 0 aromatic heterocycles. The molecule has 0 spiro atoms.